The number of halogens is 1. The van der Waals surface area contributed by atoms with Gasteiger partial charge in [0.05, 0.1) is 12.8 Å². The first kappa shape index (κ1) is 20.9. The van der Waals surface area contributed by atoms with E-state index in [-0.39, 0.29) is 23.4 Å². The van der Waals surface area contributed by atoms with E-state index in [1.165, 1.54) is 0 Å². The molecule has 0 spiro atoms. The highest BCUT2D eigenvalue weighted by Crippen LogP contribution is 2.23. The summed E-state index contributed by atoms with van der Waals surface area (Å²) in [6.07, 6.45) is 0.0611. The first-order valence-corrected chi connectivity index (χ1v) is 10.00. The molecule has 1 aliphatic rings. The number of carbonyl (C=O) groups excluding carboxylic acids is 2. The molecule has 1 aliphatic heterocycles. The zero-order valence-electron chi connectivity index (χ0n) is 15.8. The van der Waals surface area contributed by atoms with E-state index in [4.69, 9.17) is 16.3 Å². The molecule has 0 bridgehead atoms. The van der Waals surface area contributed by atoms with Crippen LogP contribution in [0.25, 0.3) is 0 Å². The maximum Gasteiger partial charge on any atom is 0.238 e. The Bertz CT molecular complexity index is 959. The fraction of sp³-hybridized carbons (Fsp3) is 0.200. The van der Waals surface area contributed by atoms with E-state index in [0.29, 0.717) is 22.2 Å². The van der Waals surface area contributed by atoms with E-state index in [0.717, 1.165) is 17.3 Å². The van der Waals surface area contributed by atoms with Gasteiger partial charge < -0.3 is 15.4 Å². The lowest BCUT2D eigenvalue weighted by Gasteiger charge is -2.21. The largest absolute Gasteiger partial charge is 0.497 e. The molecule has 2 amide bonds. The van der Waals surface area contributed by atoms with Crippen LogP contribution in [-0.4, -0.2) is 35.1 Å². The number of methoxy groups -OCH3 is 1. The number of carbonyl (C=O) groups is 2. The second-order valence-corrected chi connectivity index (χ2v) is 7.80. The molecule has 1 fully saturated rings. The van der Waals surface area contributed by atoms with E-state index >= 15 is 0 Å². The summed E-state index contributed by atoms with van der Waals surface area (Å²) in [6, 6.07) is 14.2. The maximum atomic E-state index is 12.6. The minimum atomic E-state index is -0.601. The van der Waals surface area contributed by atoms with Gasteiger partial charge in [-0.3, -0.25) is 9.59 Å². The lowest BCUT2D eigenvalue weighted by atomic mass is 10.1. The van der Waals surface area contributed by atoms with Crippen molar-refractivity contribution >= 4 is 51.7 Å². The number of rotatable bonds is 5. The van der Waals surface area contributed by atoms with Crippen LogP contribution in [0.15, 0.2) is 58.7 Å². The van der Waals surface area contributed by atoms with Gasteiger partial charge in [-0.15, -0.1) is 5.10 Å². The lowest BCUT2D eigenvalue weighted by Crippen LogP contribution is -2.41. The summed E-state index contributed by atoms with van der Waals surface area (Å²) in [4.78, 5) is 24.6. The van der Waals surface area contributed by atoms with Crippen molar-refractivity contribution in [1.29, 1.82) is 0 Å². The van der Waals surface area contributed by atoms with Crippen LogP contribution in [-0.2, 0) is 9.59 Å². The lowest BCUT2D eigenvalue weighted by molar-refractivity contribution is -0.123. The number of hydrogen-bond acceptors (Lipinski definition) is 6. The SMILES string of the molecule is COc1ccc(NC(=O)[C@H]2CC(=O)N/C(=N/N=C(\C)c3ccc(Cl)cc3)S2)cc1. The van der Waals surface area contributed by atoms with Gasteiger partial charge in [0, 0.05) is 17.1 Å². The molecule has 1 heterocycles. The molecule has 1 atom stereocenters. The molecule has 9 heteroatoms. The fourth-order valence-corrected chi connectivity index (χ4v) is 3.56. The standard InChI is InChI=1S/C20H19ClN4O3S/c1-12(13-3-5-14(21)6-4-13)24-25-20-23-18(26)11-17(29-20)19(27)22-15-7-9-16(28-2)10-8-15/h3-10,17H,11H2,1-2H3,(H,22,27)(H,23,25,26)/b24-12+/t17-/m1/s1. The third kappa shape index (κ3) is 5.82. The summed E-state index contributed by atoms with van der Waals surface area (Å²) < 4.78 is 5.10. The van der Waals surface area contributed by atoms with Crippen LogP contribution in [0.4, 0.5) is 5.69 Å². The Balaban J connectivity index is 1.67. The molecular weight excluding hydrogens is 412 g/mol. The van der Waals surface area contributed by atoms with E-state index in [1.807, 2.05) is 12.1 Å². The number of amidine groups is 1. The smallest absolute Gasteiger partial charge is 0.238 e. The minimum Gasteiger partial charge on any atom is -0.497 e. The van der Waals surface area contributed by atoms with Crippen molar-refractivity contribution in [3.63, 3.8) is 0 Å². The van der Waals surface area contributed by atoms with Gasteiger partial charge in [-0.25, -0.2) is 0 Å². The van der Waals surface area contributed by atoms with Crippen LogP contribution >= 0.6 is 23.4 Å². The Labute approximate surface area is 177 Å². The van der Waals surface area contributed by atoms with Crippen LogP contribution in [0.3, 0.4) is 0 Å². The molecule has 0 aliphatic carbocycles. The van der Waals surface area contributed by atoms with Gasteiger partial charge in [0.15, 0.2) is 5.17 Å². The molecule has 1 saturated heterocycles. The highest BCUT2D eigenvalue weighted by atomic mass is 35.5. The van der Waals surface area contributed by atoms with Crippen LogP contribution in [0.2, 0.25) is 5.02 Å². The van der Waals surface area contributed by atoms with Crippen LogP contribution in [0.5, 0.6) is 5.75 Å². The van der Waals surface area contributed by atoms with Crippen LogP contribution in [0.1, 0.15) is 18.9 Å². The zero-order chi connectivity index (χ0) is 20.8. The molecule has 150 valence electrons. The predicted molar refractivity (Wildman–Crippen MR) is 117 cm³/mol. The second-order valence-electron chi connectivity index (χ2n) is 6.17. The second kappa shape index (κ2) is 9.58. The van der Waals surface area contributed by atoms with Gasteiger partial charge in [0.25, 0.3) is 0 Å². The minimum absolute atomic E-state index is 0.0611. The molecule has 29 heavy (non-hydrogen) atoms. The van der Waals surface area contributed by atoms with Crippen LogP contribution < -0.4 is 15.4 Å². The van der Waals surface area contributed by atoms with Crippen molar-refractivity contribution in [1.82, 2.24) is 5.32 Å². The molecule has 0 saturated carbocycles. The number of anilines is 1. The summed E-state index contributed by atoms with van der Waals surface area (Å²) in [5, 5.41) is 14.0. The summed E-state index contributed by atoms with van der Waals surface area (Å²) in [5.41, 5.74) is 2.14. The number of benzene rings is 2. The fourth-order valence-electron chi connectivity index (χ4n) is 2.51. The quantitative estimate of drug-likeness (QED) is 0.559. The summed E-state index contributed by atoms with van der Waals surface area (Å²) in [6.45, 7) is 1.80. The number of hydrogen-bond donors (Lipinski definition) is 2. The highest BCUT2D eigenvalue weighted by molar-refractivity contribution is 8.15. The Hall–Kier alpha value is -2.84. The molecule has 2 aromatic rings. The molecule has 7 nitrogen and oxygen atoms in total. The normalized spacial score (nSPS) is 18.3. The van der Waals surface area contributed by atoms with E-state index < -0.39 is 5.25 Å². The first-order chi connectivity index (χ1) is 13.9. The van der Waals surface area contributed by atoms with E-state index in [2.05, 4.69) is 20.8 Å². The van der Waals surface area contributed by atoms with Gasteiger partial charge in [-0.05, 0) is 48.9 Å². The summed E-state index contributed by atoms with van der Waals surface area (Å²) in [7, 11) is 1.57. The van der Waals surface area contributed by atoms with Crippen molar-refractivity contribution in [2.45, 2.75) is 18.6 Å². The molecule has 3 rings (SSSR count). The number of nitrogens with zero attached hydrogens (tertiary/aromatic N) is 2. The Morgan fingerprint density at radius 1 is 1.21 bits per heavy atom. The predicted octanol–water partition coefficient (Wildman–Crippen LogP) is 3.69. The monoisotopic (exact) mass is 430 g/mol. The number of nitrogens with one attached hydrogen (secondary N) is 2. The van der Waals surface area contributed by atoms with Crippen molar-refractivity contribution < 1.29 is 14.3 Å². The highest BCUT2D eigenvalue weighted by Gasteiger charge is 2.30. The van der Waals surface area contributed by atoms with Crippen LogP contribution in [0, 0.1) is 0 Å². The number of amides is 2. The average Bonchev–Trinajstić information content (AvgIpc) is 2.72. The Morgan fingerprint density at radius 3 is 2.55 bits per heavy atom. The zero-order valence-corrected chi connectivity index (χ0v) is 17.4. The third-order valence-electron chi connectivity index (χ3n) is 4.07. The maximum absolute atomic E-state index is 12.6. The number of ether oxygens (including phenoxy) is 1. The third-order valence-corrected chi connectivity index (χ3v) is 5.40. The van der Waals surface area contributed by atoms with Gasteiger partial charge in [-0.2, -0.15) is 5.10 Å². The average molecular weight is 431 g/mol. The van der Waals surface area contributed by atoms with E-state index in [9.17, 15) is 9.59 Å². The molecular formula is C20H19ClN4O3S. The first-order valence-electron chi connectivity index (χ1n) is 8.74. The van der Waals surface area contributed by atoms with Crippen molar-refractivity contribution in [2.24, 2.45) is 10.2 Å². The summed E-state index contributed by atoms with van der Waals surface area (Å²) >= 11 is 7.05. The molecule has 0 radical (unpaired) electrons. The number of thioether (sulfide) groups is 1. The molecule has 0 unspecified atom stereocenters. The van der Waals surface area contributed by atoms with Gasteiger partial charge >= 0.3 is 0 Å². The van der Waals surface area contributed by atoms with Gasteiger partial charge in [0.1, 0.15) is 11.0 Å². The van der Waals surface area contributed by atoms with Crippen molar-refractivity contribution in [2.75, 3.05) is 12.4 Å². The molecule has 2 N–H and O–H groups in total. The summed E-state index contributed by atoms with van der Waals surface area (Å²) in [5.74, 6) is 0.135. The van der Waals surface area contributed by atoms with Gasteiger partial charge in [0.2, 0.25) is 11.8 Å². The molecule has 0 aromatic heterocycles. The van der Waals surface area contributed by atoms with Crippen molar-refractivity contribution in [3.8, 4) is 5.75 Å². The Kier molecular flexibility index (Phi) is 6.90. The van der Waals surface area contributed by atoms with Gasteiger partial charge in [-0.1, -0.05) is 35.5 Å². The Morgan fingerprint density at radius 2 is 1.90 bits per heavy atom. The van der Waals surface area contributed by atoms with E-state index in [1.54, 1.807) is 50.4 Å². The molecule has 2 aromatic carbocycles. The van der Waals surface area contributed by atoms with Crippen molar-refractivity contribution in [3.05, 3.63) is 59.1 Å². The topological polar surface area (TPSA) is 92.1 Å².